The molecular weight excluding hydrogens is 440 g/mol. The molecular formula is C28H34N4O3. The van der Waals surface area contributed by atoms with Crippen LogP contribution in [-0.2, 0) is 16.0 Å². The lowest BCUT2D eigenvalue weighted by atomic mass is 9.83. The Morgan fingerprint density at radius 2 is 1.89 bits per heavy atom. The van der Waals surface area contributed by atoms with Crippen LogP contribution in [0.25, 0.3) is 5.69 Å². The van der Waals surface area contributed by atoms with Crippen molar-refractivity contribution in [3.8, 4) is 11.4 Å². The highest BCUT2D eigenvalue weighted by Crippen LogP contribution is 2.40. The zero-order chi connectivity index (χ0) is 24.6. The van der Waals surface area contributed by atoms with Crippen LogP contribution >= 0.6 is 0 Å². The molecule has 1 aliphatic rings. The van der Waals surface area contributed by atoms with Gasteiger partial charge in [-0.2, -0.15) is 5.10 Å². The van der Waals surface area contributed by atoms with Crippen LogP contribution in [0.1, 0.15) is 49.9 Å². The van der Waals surface area contributed by atoms with Gasteiger partial charge in [0.25, 0.3) is 0 Å². The molecule has 4 rings (SSSR count). The first-order chi connectivity index (χ1) is 17.1. The highest BCUT2D eigenvalue weighted by atomic mass is 16.5. The number of unbranched alkanes of at least 4 members (excludes halogenated alkanes) is 1. The molecule has 0 bridgehead atoms. The first kappa shape index (κ1) is 24.5. The Balaban J connectivity index is 1.47. The van der Waals surface area contributed by atoms with Crippen LogP contribution in [0, 0.1) is 5.92 Å². The predicted octanol–water partition coefficient (Wildman–Crippen LogP) is 4.32. The number of hydrogen-bond acceptors (Lipinski definition) is 4. The standard InChI is InChI=1S/C28H34N4O3/c1-3-4-19-31-26(33)15-14-24(27(31)23-12-8-9-13-25(23)35-2)28(34)29-18-16-21-17-20-32(30-21)22-10-6-5-7-11-22/h5-13,17,20,24,27H,3-4,14-16,18-19H2,1-2H3,(H,29,34). The Morgan fingerprint density at radius 3 is 2.66 bits per heavy atom. The Hall–Kier alpha value is -3.61. The van der Waals surface area contributed by atoms with E-state index in [4.69, 9.17) is 4.74 Å². The zero-order valence-electron chi connectivity index (χ0n) is 20.5. The fourth-order valence-electron chi connectivity index (χ4n) is 4.78. The molecule has 1 fully saturated rings. The quantitative estimate of drug-likeness (QED) is 0.475. The molecule has 184 valence electrons. The average molecular weight is 475 g/mol. The van der Waals surface area contributed by atoms with Crippen molar-refractivity contribution in [2.24, 2.45) is 5.92 Å². The van der Waals surface area contributed by atoms with E-state index in [0.717, 1.165) is 29.8 Å². The first-order valence-electron chi connectivity index (χ1n) is 12.4. The van der Waals surface area contributed by atoms with E-state index in [1.54, 1.807) is 7.11 Å². The monoisotopic (exact) mass is 474 g/mol. The van der Waals surface area contributed by atoms with Crippen LogP contribution in [-0.4, -0.2) is 46.7 Å². The molecule has 1 N–H and O–H groups in total. The van der Waals surface area contributed by atoms with Gasteiger partial charge in [0, 0.05) is 37.7 Å². The molecule has 3 aromatic rings. The summed E-state index contributed by atoms with van der Waals surface area (Å²) in [6, 6.07) is 19.3. The molecule has 7 nitrogen and oxygen atoms in total. The fourth-order valence-corrected chi connectivity index (χ4v) is 4.78. The topological polar surface area (TPSA) is 76.5 Å². The van der Waals surface area contributed by atoms with Gasteiger partial charge in [0.05, 0.1) is 30.5 Å². The summed E-state index contributed by atoms with van der Waals surface area (Å²) in [6.45, 7) is 3.23. The van der Waals surface area contributed by atoms with Gasteiger partial charge in [0.15, 0.2) is 0 Å². The number of aromatic nitrogens is 2. The maximum Gasteiger partial charge on any atom is 0.225 e. The second kappa shape index (κ2) is 11.7. The van der Waals surface area contributed by atoms with Crippen molar-refractivity contribution in [2.75, 3.05) is 20.2 Å². The molecule has 2 unspecified atom stereocenters. The lowest BCUT2D eigenvalue weighted by Gasteiger charge is -2.41. The molecule has 0 aliphatic carbocycles. The molecule has 2 amide bonds. The molecule has 7 heteroatoms. The van der Waals surface area contributed by atoms with Crippen molar-refractivity contribution in [1.29, 1.82) is 0 Å². The van der Waals surface area contributed by atoms with Crippen molar-refractivity contribution in [3.05, 3.63) is 78.1 Å². The molecule has 1 aliphatic heterocycles. The summed E-state index contributed by atoms with van der Waals surface area (Å²) in [5, 5.41) is 7.74. The van der Waals surface area contributed by atoms with E-state index >= 15 is 0 Å². The number of amides is 2. The second-order valence-electron chi connectivity index (χ2n) is 8.90. The van der Waals surface area contributed by atoms with Crippen molar-refractivity contribution in [3.63, 3.8) is 0 Å². The molecule has 0 spiro atoms. The number of likely N-dealkylation sites (tertiary alicyclic amines) is 1. The normalized spacial score (nSPS) is 17.9. The summed E-state index contributed by atoms with van der Waals surface area (Å²) in [4.78, 5) is 28.2. The Morgan fingerprint density at radius 1 is 1.11 bits per heavy atom. The molecule has 0 saturated carbocycles. The van der Waals surface area contributed by atoms with Gasteiger partial charge >= 0.3 is 0 Å². The Bertz CT molecular complexity index is 1130. The van der Waals surface area contributed by atoms with Crippen LogP contribution in [0.4, 0.5) is 0 Å². The summed E-state index contributed by atoms with van der Waals surface area (Å²) in [6.07, 6.45) is 5.36. The molecule has 35 heavy (non-hydrogen) atoms. The third-order valence-electron chi connectivity index (χ3n) is 6.60. The highest BCUT2D eigenvalue weighted by molar-refractivity contribution is 5.85. The number of para-hydroxylation sites is 2. The lowest BCUT2D eigenvalue weighted by Crippen LogP contribution is -2.48. The van der Waals surface area contributed by atoms with Gasteiger partial charge < -0.3 is 15.0 Å². The van der Waals surface area contributed by atoms with Crippen LogP contribution in [0.5, 0.6) is 5.75 Å². The van der Waals surface area contributed by atoms with E-state index in [1.807, 2.05) is 76.4 Å². The summed E-state index contributed by atoms with van der Waals surface area (Å²) in [5.74, 6) is 0.447. The number of nitrogens with zero attached hydrogens (tertiary/aromatic N) is 3. The third kappa shape index (κ3) is 5.73. The number of ether oxygens (including phenoxy) is 1. The average Bonchev–Trinajstić information content (AvgIpc) is 3.37. The smallest absolute Gasteiger partial charge is 0.225 e. The fraction of sp³-hybridized carbons (Fsp3) is 0.393. The number of methoxy groups -OCH3 is 1. The summed E-state index contributed by atoms with van der Waals surface area (Å²) in [5.41, 5.74) is 2.81. The van der Waals surface area contributed by atoms with Gasteiger partial charge in [0.1, 0.15) is 5.75 Å². The number of hydrogen-bond donors (Lipinski definition) is 1. The van der Waals surface area contributed by atoms with E-state index < -0.39 is 0 Å². The van der Waals surface area contributed by atoms with Gasteiger partial charge in [-0.25, -0.2) is 4.68 Å². The minimum atomic E-state index is -0.337. The SMILES string of the molecule is CCCCN1C(=O)CCC(C(=O)NCCc2ccn(-c3ccccc3)n2)C1c1ccccc1OC. The van der Waals surface area contributed by atoms with Crippen LogP contribution in [0.15, 0.2) is 66.9 Å². The van der Waals surface area contributed by atoms with E-state index in [9.17, 15) is 9.59 Å². The molecule has 1 saturated heterocycles. The molecule has 2 atom stereocenters. The lowest BCUT2D eigenvalue weighted by molar-refractivity contribution is -0.143. The largest absolute Gasteiger partial charge is 0.496 e. The molecule has 0 radical (unpaired) electrons. The number of benzene rings is 2. The molecule has 2 aromatic carbocycles. The number of rotatable bonds is 10. The van der Waals surface area contributed by atoms with Gasteiger partial charge in [-0.3, -0.25) is 9.59 Å². The van der Waals surface area contributed by atoms with Crippen LogP contribution < -0.4 is 10.1 Å². The van der Waals surface area contributed by atoms with Crippen LogP contribution in [0.2, 0.25) is 0 Å². The van der Waals surface area contributed by atoms with Gasteiger partial charge in [-0.05, 0) is 37.1 Å². The maximum atomic E-state index is 13.4. The summed E-state index contributed by atoms with van der Waals surface area (Å²) >= 11 is 0. The van der Waals surface area contributed by atoms with Crippen molar-refractivity contribution in [1.82, 2.24) is 20.0 Å². The highest BCUT2D eigenvalue weighted by Gasteiger charge is 2.41. The number of carbonyl (C=O) groups excluding carboxylic acids is 2. The number of piperidine rings is 1. The van der Waals surface area contributed by atoms with Crippen LogP contribution in [0.3, 0.4) is 0 Å². The van der Waals surface area contributed by atoms with E-state index in [-0.39, 0.29) is 23.8 Å². The molecule has 1 aromatic heterocycles. The number of nitrogens with one attached hydrogen (secondary N) is 1. The Kier molecular flexibility index (Phi) is 8.19. The van der Waals surface area contributed by atoms with Crippen molar-refractivity contribution in [2.45, 2.75) is 45.1 Å². The van der Waals surface area contributed by atoms with Gasteiger partial charge in [-0.15, -0.1) is 0 Å². The zero-order valence-corrected chi connectivity index (χ0v) is 20.5. The third-order valence-corrected chi connectivity index (χ3v) is 6.60. The van der Waals surface area contributed by atoms with Gasteiger partial charge in [-0.1, -0.05) is 49.7 Å². The predicted molar refractivity (Wildman–Crippen MR) is 135 cm³/mol. The van der Waals surface area contributed by atoms with Gasteiger partial charge in [0.2, 0.25) is 11.8 Å². The summed E-state index contributed by atoms with van der Waals surface area (Å²) in [7, 11) is 1.63. The molecule has 2 heterocycles. The van der Waals surface area contributed by atoms with E-state index in [2.05, 4.69) is 17.3 Å². The van der Waals surface area contributed by atoms with Crippen molar-refractivity contribution < 1.29 is 14.3 Å². The minimum Gasteiger partial charge on any atom is -0.496 e. The van der Waals surface area contributed by atoms with E-state index in [0.29, 0.717) is 38.1 Å². The number of carbonyl (C=O) groups is 2. The minimum absolute atomic E-state index is 0.0302. The Labute approximate surface area is 207 Å². The first-order valence-corrected chi connectivity index (χ1v) is 12.4. The van der Waals surface area contributed by atoms with Crippen molar-refractivity contribution >= 4 is 11.8 Å². The van der Waals surface area contributed by atoms with E-state index in [1.165, 1.54) is 0 Å². The second-order valence-corrected chi connectivity index (χ2v) is 8.90. The summed E-state index contributed by atoms with van der Waals surface area (Å²) < 4.78 is 7.45. The maximum absolute atomic E-state index is 13.4.